The summed E-state index contributed by atoms with van der Waals surface area (Å²) < 4.78 is 5.47. The second-order valence-electron chi connectivity index (χ2n) is 9.57. The summed E-state index contributed by atoms with van der Waals surface area (Å²) in [5.41, 5.74) is 3.64. The van der Waals surface area contributed by atoms with Crippen LogP contribution in [0.4, 0.5) is 5.82 Å². The summed E-state index contributed by atoms with van der Waals surface area (Å²) in [7, 11) is 0. The molecule has 0 saturated carbocycles. The average Bonchev–Trinajstić information content (AvgIpc) is 3.15. The first kappa shape index (κ1) is 25.0. The fourth-order valence-corrected chi connectivity index (χ4v) is 4.96. The predicted molar refractivity (Wildman–Crippen MR) is 138 cm³/mol. The van der Waals surface area contributed by atoms with E-state index < -0.39 is 0 Å². The van der Waals surface area contributed by atoms with Crippen LogP contribution in [-0.2, 0) is 9.53 Å². The Hall–Kier alpha value is -2.15. The fourth-order valence-electron chi connectivity index (χ4n) is 4.70. The largest absolute Gasteiger partial charge is 0.381 e. The van der Waals surface area contributed by atoms with E-state index in [2.05, 4.69) is 29.0 Å². The summed E-state index contributed by atoms with van der Waals surface area (Å²) >= 11 is 6.74. The molecule has 7 heteroatoms. The van der Waals surface area contributed by atoms with E-state index in [4.69, 9.17) is 21.3 Å². The van der Waals surface area contributed by atoms with Gasteiger partial charge in [0.2, 0.25) is 5.91 Å². The normalized spacial score (nSPS) is 22.7. The predicted octanol–water partition coefficient (Wildman–Crippen LogP) is 5.00. The molecule has 1 unspecified atom stereocenters. The maximum absolute atomic E-state index is 13.1. The first-order valence-electron chi connectivity index (χ1n) is 12.7. The van der Waals surface area contributed by atoms with Crippen molar-refractivity contribution in [2.75, 3.05) is 38.2 Å². The molecular formula is C27H37ClN4O2. The Morgan fingerprint density at radius 3 is 2.94 bits per heavy atom. The summed E-state index contributed by atoms with van der Waals surface area (Å²) in [4.78, 5) is 17.9. The van der Waals surface area contributed by atoms with Gasteiger partial charge in [-0.1, -0.05) is 30.2 Å². The van der Waals surface area contributed by atoms with Crippen molar-refractivity contribution in [2.24, 2.45) is 11.8 Å². The monoisotopic (exact) mass is 484 g/mol. The Bertz CT molecular complexity index is 942. The number of ether oxygens (including phenoxy) is 1. The van der Waals surface area contributed by atoms with Gasteiger partial charge in [-0.05, 0) is 81.7 Å². The highest BCUT2D eigenvalue weighted by Gasteiger charge is 2.22. The highest BCUT2D eigenvalue weighted by Crippen LogP contribution is 2.31. The van der Waals surface area contributed by atoms with Crippen LogP contribution in [0.15, 0.2) is 46.7 Å². The van der Waals surface area contributed by atoms with E-state index in [9.17, 15) is 4.79 Å². The van der Waals surface area contributed by atoms with Gasteiger partial charge >= 0.3 is 0 Å². The molecule has 2 fully saturated rings. The molecule has 1 amide bonds. The number of nitrogens with zero attached hydrogens (tertiary/aromatic N) is 1. The van der Waals surface area contributed by atoms with Crippen LogP contribution in [0.25, 0.3) is 5.57 Å². The van der Waals surface area contributed by atoms with Crippen molar-refractivity contribution < 1.29 is 9.53 Å². The molecule has 2 saturated heterocycles. The zero-order valence-electron chi connectivity index (χ0n) is 20.2. The number of amides is 1. The highest BCUT2D eigenvalue weighted by molar-refractivity contribution is 6.37. The van der Waals surface area contributed by atoms with E-state index in [0.717, 1.165) is 106 Å². The number of halogens is 1. The van der Waals surface area contributed by atoms with Crippen LogP contribution >= 0.6 is 11.6 Å². The number of allylic oxidation sites excluding steroid dienone is 5. The van der Waals surface area contributed by atoms with Crippen molar-refractivity contribution in [3.63, 3.8) is 0 Å². The SMILES string of the molecule is CC1=C(NC(=O)C2CCCCNC2)C=C(c2cccc(NCC3CCOCC3)n2)C(Cl)=CCC1. The lowest BCUT2D eigenvalue weighted by molar-refractivity contribution is -0.124. The maximum atomic E-state index is 13.1. The van der Waals surface area contributed by atoms with Crippen molar-refractivity contribution in [2.45, 2.75) is 51.9 Å². The van der Waals surface area contributed by atoms with E-state index in [1.807, 2.05) is 24.3 Å². The van der Waals surface area contributed by atoms with E-state index >= 15 is 0 Å². The number of anilines is 1. The lowest BCUT2D eigenvalue weighted by atomic mass is 9.99. The van der Waals surface area contributed by atoms with Gasteiger partial charge in [0, 0.05) is 42.6 Å². The van der Waals surface area contributed by atoms with Crippen LogP contribution in [0.5, 0.6) is 0 Å². The number of hydrogen-bond acceptors (Lipinski definition) is 5. The molecule has 2 aliphatic heterocycles. The van der Waals surface area contributed by atoms with Gasteiger partial charge in [-0.3, -0.25) is 4.79 Å². The van der Waals surface area contributed by atoms with E-state index in [1.165, 1.54) is 0 Å². The summed E-state index contributed by atoms with van der Waals surface area (Å²) in [6.45, 7) is 6.37. The van der Waals surface area contributed by atoms with Gasteiger partial charge in [0.15, 0.2) is 0 Å². The maximum Gasteiger partial charge on any atom is 0.228 e. The van der Waals surface area contributed by atoms with Crippen LogP contribution in [0.2, 0.25) is 0 Å². The third kappa shape index (κ3) is 6.94. The molecule has 34 heavy (non-hydrogen) atoms. The Morgan fingerprint density at radius 1 is 1.24 bits per heavy atom. The van der Waals surface area contributed by atoms with Crippen LogP contribution in [0.1, 0.15) is 57.6 Å². The minimum atomic E-state index is -0.00746. The second kappa shape index (κ2) is 12.5. The molecule has 0 spiro atoms. The van der Waals surface area contributed by atoms with Crippen molar-refractivity contribution in [3.8, 4) is 0 Å². The molecule has 1 atom stereocenters. The molecule has 4 rings (SSSR count). The quantitative estimate of drug-likeness (QED) is 0.529. The molecule has 1 aliphatic carbocycles. The van der Waals surface area contributed by atoms with E-state index in [1.54, 1.807) is 0 Å². The second-order valence-corrected chi connectivity index (χ2v) is 9.98. The standard InChI is InChI=1S/C27H37ClN4O2/c1-19-6-4-8-23(28)22(16-25(19)32-27(33)21-7-2-3-13-29-18-21)24-9-5-10-26(31-24)30-17-20-11-14-34-15-12-20/h5,8-10,16,20-21,29H,2-4,6-7,11-15,17-18H2,1H3,(H,30,31)(H,32,33). The molecule has 3 aliphatic rings. The Labute approximate surface area is 208 Å². The fraction of sp³-hybridized carbons (Fsp3) is 0.556. The minimum Gasteiger partial charge on any atom is -0.381 e. The number of hydrogen-bond donors (Lipinski definition) is 3. The molecule has 6 nitrogen and oxygen atoms in total. The molecule has 0 bridgehead atoms. The number of nitrogens with one attached hydrogen (secondary N) is 3. The van der Waals surface area contributed by atoms with Gasteiger partial charge in [0.25, 0.3) is 0 Å². The molecular weight excluding hydrogens is 448 g/mol. The van der Waals surface area contributed by atoms with Gasteiger partial charge in [-0.2, -0.15) is 0 Å². The van der Waals surface area contributed by atoms with Crippen LogP contribution in [0.3, 0.4) is 0 Å². The summed E-state index contributed by atoms with van der Waals surface area (Å²) in [5, 5.41) is 10.8. The van der Waals surface area contributed by atoms with Crippen LogP contribution in [-0.4, -0.2) is 43.7 Å². The van der Waals surface area contributed by atoms with Crippen molar-refractivity contribution in [1.82, 2.24) is 15.6 Å². The van der Waals surface area contributed by atoms with Gasteiger partial charge in [-0.25, -0.2) is 4.98 Å². The number of carbonyl (C=O) groups is 1. The zero-order valence-corrected chi connectivity index (χ0v) is 20.9. The van der Waals surface area contributed by atoms with Crippen molar-refractivity contribution in [1.29, 1.82) is 0 Å². The van der Waals surface area contributed by atoms with Gasteiger partial charge in [0.05, 0.1) is 11.6 Å². The minimum absolute atomic E-state index is 0.00746. The molecule has 0 aromatic carbocycles. The topological polar surface area (TPSA) is 75.3 Å². The average molecular weight is 485 g/mol. The third-order valence-electron chi connectivity index (χ3n) is 6.96. The molecule has 1 aromatic heterocycles. The van der Waals surface area contributed by atoms with Gasteiger partial charge < -0.3 is 20.7 Å². The first-order valence-corrected chi connectivity index (χ1v) is 13.1. The Kier molecular flexibility index (Phi) is 9.19. The van der Waals surface area contributed by atoms with Gasteiger partial charge in [-0.15, -0.1) is 0 Å². The Morgan fingerprint density at radius 2 is 2.09 bits per heavy atom. The molecule has 3 heterocycles. The van der Waals surface area contributed by atoms with Crippen molar-refractivity contribution in [3.05, 3.63) is 52.3 Å². The highest BCUT2D eigenvalue weighted by atomic mass is 35.5. The van der Waals surface area contributed by atoms with Gasteiger partial charge in [0.1, 0.15) is 5.82 Å². The van der Waals surface area contributed by atoms with E-state index in [0.29, 0.717) is 11.0 Å². The number of carbonyl (C=O) groups excluding carboxylic acids is 1. The van der Waals surface area contributed by atoms with Crippen LogP contribution in [0, 0.1) is 11.8 Å². The third-order valence-corrected chi connectivity index (χ3v) is 7.32. The molecule has 0 radical (unpaired) electrons. The molecule has 3 N–H and O–H groups in total. The molecule has 184 valence electrons. The summed E-state index contributed by atoms with van der Waals surface area (Å²) in [5.74, 6) is 1.52. The smallest absolute Gasteiger partial charge is 0.228 e. The zero-order chi connectivity index (χ0) is 23.8. The van der Waals surface area contributed by atoms with Crippen molar-refractivity contribution >= 4 is 28.9 Å². The number of aromatic nitrogens is 1. The number of rotatable bonds is 6. The lowest BCUT2D eigenvalue weighted by Crippen LogP contribution is -2.35. The number of pyridine rings is 1. The molecule has 1 aromatic rings. The lowest BCUT2D eigenvalue weighted by Gasteiger charge is -2.22. The Balaban J connectivity index is 1.53. The summed E-state index contributed by atoms with van der Waals surface area (Å²) in [6, 6.07) is 5.98. The summed E-state index contributed by atoms with van der Waals surface area (Å²) in [6.07, 6.45) is 11.0. The van der Waals surface area contributed by atoms with Crippen LogP contribution < -0.4 is 16.0 Å². The first-order chi connectivity index (χ1) is 16.6. The van der Waals surface area contributed by atoms with E-state index in [-0.39, 0.29) is 11.8 Å².